The van der Waals surface area contributed by atoms with Crippen LogP contribution in [-0.4, -0.2) is 81.1 Å². The molecule has 2 aromatic rings. The number of carbonyl (C=O) groups excluding carboxylic acids is 4. The third-order valence-corrected chi connectivity index (χ3v) is 5.27. The van der Waals surface area contributed by atoms with Crippen molar-refractivity contribution in [1.82, 2.24) is 0 Å². The maximum absolute atomic E-state index is 12.6. The Balaban J connectivity index is 1.40. The molecule has 11 heteroatoms. The molecule has 1 aliphatic carbocycles. The number of carbonyl (C=O) groups is 4. The number of ketones is 3. The number of ether oxygens (including phenoxy) is 2. The number of aliphatic hydroxyl groups excluding tert-OH is 4. The molecule has 32 heavy (non-hydrogen) atoms. The van der Waals surface area contributed by atoms with Crippen LogP contribution in [0.5, 0.6) is 0 Å². The second-order valence-electron chi connectivity index (χ2n) is 7.38. The first kappa shape index (κ1) is 22.0. The van der Waals surface area contributed by atoms with Gasteiger partial charge in [-0.15, -0.1) is 0 Å². The lowest BCUT2D eigenvalue weighted by Gasteiger charge is -2.37. The van der Waals surface area contributed by atoms with Gasteiger partial charge in [-0.1, -0.05) is 24.3 Å². The Bertz CT molecular complexity index is 1050. The molecule has 168 valence electrons. The minimum Gasteiger partial charge on any atom is -0.462 e. The van der Waals surface area contributed by atoms with Gasteiger partial charge in [-0.05, 0) is 6.07 Å². The van der Waals surface area contributed by atoms with Gasteiger partial charge < -0.3 is 34.3 Å². The van der Waals surface area contributed by atoms with Crippen LogP contribution in [0.4, 0.5) is 0 Å². The van der Waals surface area contributed by atoms with E-state index in [0.717, 1.165) is 6.07 Å². The van der Waals surface area contributed by atoms with E-state index in [1.165, 1.54) is 12.1 Å². The number of hydrogen-bond acceptors (Lipinski definition) is 11. The van der Waals surface area contributed by atoms with Crippen LogP contribution in [0.1, 0.15) is 49.0 Å². The maximum Gasteiger partial charge on any atom is 0.313 e. The molecule has 0 bridgehead atoms. The fourth-order valence-corrected chi connectivity index (χ4v) is 3.53. The van der Waals surface area contributed by atoms with E-state index >= 15 is 0 Å². The molecule has 4 N–H and O–H groups in total. The van der Waals surface area contributed by atoms with Crippen LogP contribution in [0.3, 0.4) is 0 Å². The molecule has 5 atom stereocenters. The first-order valence-electron chi connectivity index (χ1n) is 9.58. The summed E-state index contributed by atoms with van der Waals surface area (Å²) in [6.07, 6.45) is -9.05. The van der Waals surface area contributed by atoms with Crippen LogP contribution in [0, 0.1) is 0 Å². The highest BCUT2D eigenvalue weighted by molar-refractivity contribution is 6.28. The third-order valence-electron chi connectivity index (χ3n) is 5.27. The largest absolute Gasteiger partial charge is 0.462 e. The molecular formula is C21H18O11. The topological polar surface area (TPSA) is 181 Å². The Morgan fingerprint density at radius 1 is 0.906 bits per heavy atom. The highest BCUT2D eigenvalue weighted by Crippen LogP contribution is 2.30. The van der Waals surface area contributed by atoms with Crippen LogP contribution >= 0.6 is 0 Å². The second kappa shape index (κ2) is 8.37. The molecule has 2 aliphatic rings. The first-order valence-corrected chi connectivity index (χ1v) is 9.58. The van der Waals surface area contributed by atoms with Gasteiger partial charge in [0.2, 0.25) is 11.6 Å². The van der Waals surface area contributed by atoms with Crippen LogP contribution in [0.15, 0.2) is 34.7 Å². The molecular weight excluding hydrogens is 428 g/mol. The minimum atomic E-state index is -1.80. The molecule has 1 fully saturated rings. The Morgan fingerprint density at radius 3 is 2.25 bits per heavy atom. The molecule has 1 saturated heterocycles. The zero-order chi connectivity index (χ0) is 23.2. The summed E-state index contributed by atoms with van der Waals surface area (Å²) in [5.74, 6) is -3.59. The van der Waals surface area contributed by atoms with Crippen molar-refractivity contribution in [2.75, 3.05) is 6.61 Å². The summed E-state index contributed by atoms with van der Waals surface area (Å²) in [6.45, 7) is -0.616. The quantitative estimate of drug-likeness (QED) is 0.214. The van der Waals surface area contributed by atoms with Gasteiger partial charge in [0.15, 0.2) is 23.6 Å². The smallest absolute Gasteiger partial charge is 0.313 e. The van der Waals surface area contributed by atoms with Gasteiger partial charge in [-0.25, -0.2) is 0 Å². The maximum atomic E-state index is 12.6. The third kappa shape index (κ3) is 3.76. The summed E-state index contributed by atoms with van der Waals surface area (Å²) in [5.41, 5.74) is 0.258. The number of rotatable bonds is 5. The molecule has 0 saturated carbocycles. The lowest BCUT2D eigenvalue weighted by Crippen LogP contribution is -2.58. The number of esters is 1. The minimum absolute atomic E-state index is 0.0781. The fraction of sp³-hybridized carbons (Fsp3) is 0.333. The SMILES string of the molecule is O=C(CC(=O)c1cc2c(o1)C(=O)c1ccccc1C2=O)OC[C@H]1OC(O)[C@H](O)[C@@H](O)[C@H]1O. The summed E-state index contributed by atoms with van der Waals surface area (Å²) in [4.78, 5) is 49.6. The van der Waals surface area contributed by atoms with Crippen molar-refractivity contribution >= 4 is 23.3 Å². The number of fused-ring (bicyclic) bond motifs is 2. The molecule has 11 nitrogen and oxygen atoms in total. The summed E-state index contributed by atoms with van der Waals surface area (Å²) >= 11 is 0. The predicted molar refractivity (Wildman–Crippen MR) is 101 cm³/mol. The summed E-state index contributed by atoms with van der Waals surface area (Å²) in [7, 11) is 0. The van der Waals surface area contributed by atoms with Gasteiger partial charge in [0, 0.05) is 11.1 Å². The van der Waals surface area contributed by atoms with Crippen molar-refractivity contribution in [1.29, 1.82) is 0 Å². The standard InChI is InChI=1S/C21H18O11/c22-11(6-14(23)30-7-13-17(26)18(27)19(28)21(29)32-13)12-5-10-15(24)8-3-1-2-4-9(8)16(25)20(10)31-12/h1-5,13,17-19,21,26-29H,6-7H2/t13-,17+,18+,19-,21?/m1/s1. The van der Waals surface area contributed by atoms with Gasteiger partial charge in [-0.3, -0.25) is 19.2 Å². The van der Waals surface area contributed by atoms with Gasteiger partial charge in [0.25, 0.3) is 0 Å². The van der Waals surface area contributed by atoms with E-state index in [2.05, 4.69) is 0 Å². The van der Waals surface area contributed by atoms with Crippen LogP contribution < -0.4 is 0 Å². The molecule has 0 spiro atoms. The molecule has 1 aliphatic heterocycles. The summed E-state index contributed by atoms with van der Waals surface area (Å²) in [5, 5.41) is 38.4. The number of benzene rings is 1. The van der Waals surface area contributed by atoms with Gasteiger partial charge >= 0.3 is 5.97 Å². The molecule has 0 radical (unpaired) electrons. The lowest BCUT2D eigenvalue weighted by molar-refractivity contribution is -0.287. The highest BCUT2D eigenvalue weighted by Gasteiger charge is 2.43. The van der Waals surface area contributed by atoms with Crippen molar-refractivity contribution in [3.05, 3.63) is 58.5 Å². The van der Waals surface area contributed by atoms with E-state index < -0.39 is 67.1 Å². The lowest BCUT2D eigenvalue weighted by atomic mass is 9.88. The zero-order valence-electron chi connectivity index (χ0n) is 16.3. The number of hydrogen-bond donors (Lipinski definition) is 4. The van der Waals surface area contributed by atoms with E-state index in [0.29, 0.717) is 0 Å². The van der Waals surface area contributed by atoms with Gasteiger partial charge in [-0.2, -0.15) is 0 Å². The van der Waals surface area contributed by atoms with E-state index in [-0.39, 0.29) is 28.2 Å². The van der Waals surface area contributed by atoms with E-state index in [1.807, 2.05) is 0 Å². The predicted octanol–water partition coefficient (Wildman–Crippen LogP) is -1.03. The van der Waals surface area contributed by atoms with Gasteiger partial charge in [0.05, 0.1) is 5.56 Å². The number of Topliss-reactive ketones (excluding diaryl/α,β-unsaturated/α-hetero) is 1. The highest BCUT2D eigenvalue weighted by atomic mass is 16.6. The van der Waals surface area contributed by atoms with Crippen LogP contribution in [0.2, 0.25) is 0 Å². The number of furan rings is 1. The Morgan fingerprint density at radius 2 is 1.56 bits per heavy atom. The van der Waals surface area contributed by atoms with Crippen molar-refractivity contribution in [3.8, 4) is 0 Å². The van der Waals surface area contributed by atoms with Crippen LogP contribution in [-0.2, 0) is 14.3 Å². The Kier molecular flexibility index (Phi) is 5.75. The average molecular weight is 446 g/mol. The van der Waals surface area contributed by atoms with Crippen LogP contribution in [0.25, 0.3) is 0 Å². The molecule has 0 amide bonds. The molecule has 4 rings (SSSR count). The van der Waals surface area contributed by atoms with Crippen molar-refractivity contribution in [3.63, 3.8) is 0 Å². The van der Waals surface area contributed by atoms with Crippen molar-refractivity contribution in [2.24, 2.45) is 0 Å². The molecule has 1 unspecified atom stereocenters. The van der Waals surface area contributed by atoms with E-state index in [1.54, 1.807) is 12.1 Å². The normalized spacial score (nSPS) is 26.9. The average Bonchev–Trinajstić information content (AvgIpc) is 3.24. The summed E-state index contributed by atoms with van der Waals surface area (Å²) in [6, 6.07) is 7.24. The van der Waals surface area contributed by atoms with E-state index in [9.17, 15) is 39.6 Å². The first-order chi connectivity index (χ1) is 15.2. The fourth-order valence-electron chi connectivity index (χ4n) is 3.53. The van der Waals surface area contributed by atoms with Gasteiger partial charge in [0.1, 0.15) is 37.4 Å². The van der Waals surface area contributed by atoms with E-state index in [4.69, 9.17) is 13.9 Å². The van der Waals surface area contributed by atoms with Crippen molar-refractivity contribution in [2.45, 2.75) is 37.1 Å². The monoisotopic (exact) mass is 446 g/mol. The van der Waals surface area contributed by atoms with Crippen molar-refractivity contribution < 1.29 is 53.5 Å². The zero-order valence-corrected chi connectivity index (χ0v) is 16.3. The molecule has 1 aromatic heterocycles. The summed E-state index contributed by atoms with van der Waals surface area (Å²) < 4.78 is 15.0. The Hall–Kier alpha value is -3.22. The number of aliphatic hydroxyl groups is 4. The Labute approximate surface area is 179 Å². The molecule has 2 heterocycles. The second-order valence-corrected chi connectivity index (χ2v) is 7.38. The molecule has 1 aromatic carbocycles.